The fraction of sp³-hybridized carbons (Fsp3) is 0.0833. The lowest BCUT2D eigenvalue weighted by Gasteiger charge is -2.09. The molecule has 3 N–H and O–H groups in total. The number of benzene rings is 1. The second-order valence-corrected chi connectivity index (χ2v) is 5.26. The van der Waals surface area contributed by atoms with Crippen molar-refractivity contribution in [3.8, 4) is 0 Å². The van der Waals surface area contributed by atoms with E-state index in [1.165, 1.54) is 16.9 Å². The summed E-state index contributed by atoms with van der Waals surface area (Å²) in [6.07, 6.45) is 1.48. The fourth-order valence-electron chi connectivity index (χ4n) is 1.61. The molecule has 0 bridgehead atoms. The summed E-state index contributed by atoms with van der Waals surface area (Å²) < 4.78 is 1.46. The molecule has 2 aromatic rings. The number of carbonyl (C=O) groups is 1. The first-order chi connectivity index (χ1) is 9.40. The Morgan fingerprint density at radius 2 is 2.10 bits per heavy atom. The van der Waals surface area contributed by atoms with Gasteiger partial charge < -0.3 is 11.1 Å². The van der Waals surface area contributed by atoms with Crippen LogP contribution in [0.2, 0.25) is 10.0 Å². The summed E-state index contributed by atoms with van der Waals surface area (Å²) in [5.41, 5.74) is 6.32. The molecule has 2 rings (SSSR count). The maximum Gasteiger partial charge on any atom is 0.258 e. The highest BCUT2D eigenvalue weighted by atomic mass is 35.5. The van der Waals surface area contributed by atoms with Crippen LogP contribution in [-0.2, 0) is 7.05 Å². The van der Waals surface area contributed by atoms with Gasteiger partial charge in [0.2, 0.25) is 0 Å². The second-order valence-electron chi connectivity index (χ2n) is 3.97. The van der Waals surface area contributed by atoms with E-state index in [0.29, 0.717) is 21.4 Å². The average Bonchev–Trinajstić information content (AvgIpc) is 2.74. The molecule has 0 spiro atoms. The van der Waals surface area contributed by atoms with Crippen molar-refractivity contribution in [2.45, 2.75) is 0 Å². The third-order valence-electron chi connectivity index (χ3n) is 2.61. The second kappa shape index (κ2) is 5.78. The minimum atomic E-state index is -0.418. The van der Waals surface area contributed by atoms with Crippen molar-refractivity contribution in [2.24, 2.45) is 12.8 Å². The number of nitrogens with one attached hydrogen (secondary N) is 1. The lowest BCUT2D eigenvalue weighted by Crippen LogP contribution is -2.19. The van der Waals surface area contributed by atoms with Crippen molar-refractivity contribution in [3.63, 3.8) is 0 Å². The third kappa shape index (κ3) is 2.92. The summed E-state index contributed by atoms with van der Waals surface area (Å²) >= 11 is 16.7. The summed E-state index contributed by atoms with van der Waals surface area (Å²) in [6, 6.07) is 4.64. The van der Waals surface area contributed by atoms with Gasteiger partial charge in [-0.25, -0.2) is 0 Å². The summed E-state index contributed by atoms with van der Waals surface area (Å²) in [7, 11) is 1.66. The van der Waals surface area contributed by atoms with Gasteiger partial charge in [-0.2, -0.15) is 5.10 Å². The first-order valence-corrected chi connectivity index (χ1v) is 6.64. The largest absolute Gasteiger partial charge is 0.389 e. The van der Waals surface area contributed by atoms with Crippen LogP contribution in [0.5, 0.6) is 0 Å². The summed E-state index contributed by atoms with van der Waals surface area (Å²) in [4.78, 5) is 12.4. The first-order valence-electron chi connectivity index (χ1n) is 5.48. The van der Waals surface area contributed by atoms with Gasteiger partial charge in [0.25, 0.3) is 5.91 Å². The van der Waals surface area contributed by atoms with E-state index in [4.69, 9.17) is 41.2 Å². The quantitative estimate of drug-likeness (QED) is 0.849. The van der Waals surface area contributed by atoms with Gasteiger partial charge in [0.1, 0.15) is 10.8 Å². The van der Waals surface area contributed by atoms with Crippen LogP contribution in [0, 0.1) is 0 Å². The molecule has 0 unspecified atom stereocenters. The highest BCUT2D eigenvalue weighted by molar-refractivity contribution is 7.80. The number of hydrogen-bond donors (Lipinski definition) is 2. The zero-order chi connectivity index (χ0) is 14.9. The van der Waals surface area contributed by atoms with Gasteiger partial charge in [-0.1, -0.05) is 35.4 Å². The van der Waals surface area contributed by atoms with E-state index in [-0.39, 0.29) is 10.6 Å². The van der Waals surface area contributed by atoms with Gasteiger partial charge in [-0.15, -0.1) is 0 Å². The molecular weight excluding hydrogens is 319 g/mol. The molecule has 1 amide bonds. The number of rotatable bonds is 3. The molecule has 20 heavy (non-hydrogen) atoms. The Hall–Kier alpha value is -1.63. The Balaban J connectivity index is 2.35. The molecule has 0 atom stereocenters. The van der Waals surface area contributed by atoms with Gasteiger partial charge >= 0.3 is 0 Å². The number of amides is 1. The SMILES string of the molecule is Cn1ncc(C(N)=S)c1NC(=O)c1cc(Cl)ccc1Cl. The van der Waals surface area contributed by atoms with Crippen molar-refractivity contribution < 1.29 is 4.79 Å². The van der Waals surface area contributed by atoms with E-state index >= 15 is 0 Å². The van der Waals surface area contributed by atoms with E-state index in [2.05, 4.69) is 10.4 Å². The van der Waals surface area contributed by atoms with Crippen LogP contribution >= 0.6 is 35.4 Å². The molecule has 0 aliphatic rings. The predicted molar refractivity (Wildman–Crippen MR) is 83.5 cm³/mol. The van der Waals surface area contributed by atoms with Gasteiger partial charge in [0.05, 0.1) is 22.3 Å². The van der Waals surface area contributed by atoms with Gasteiger partial charge in [0.15, 0.2) is 0 Å². The zero-order valence-corrected chi connectivity index (χ0v) is 12.7. The lowest BCUT2D eigenvalue weighted by molar-refractivity contribution is 0.102. The molecule has 0 aliphatic carbocycles. The summed E-state index contributed by atoms with van der Waals surface area (Å²) in [6.45, 7) is 0. The number of halogens is 2. The van der Waals surface area contributed by atoms with Gasteiger partial charge in [-0.05, 0) is 18.2 Å². The van der Waals surface area contributed by atoms with Crippen LogP contribution < -0.4 is 11.1 Å². The molecule has 8 heteroatoms. The molecule has 104 valence electrons. The maximum absolute atomic E-state index is 12.2. The average molecular weight is 329 g/mol. The Morgan fingerprint density at radius 1 is 1.40 bits per heavy atom. The first kappa shape index (κ1) is 14.8. The number of thiocarbonyl (C=S) groups is 1. The number of aryl methyl sites for hydroxylation is 1. The molecule has 0 saturated carbocycles. The van der Waals surface area contributed by atoms with Gasteiger partial charge in [0, 0.05) is 12.1 Å². The number of carbonyl (C=O) groups excluding carboxylic acids is 1. The number of anilines is 1. The zero-order valence-electron chi connectivity index (χ0n) is 10.4. The molecule has 0 radical (unpaired) electrons. The Kier molecular flexibility index (Phi) is 4.27. The molecule has 1 aromatic heterocycles. The van der Waals surface area contributed by atoms with Crippen molar-refractivity contribution in [1.82, 2.24) is 9.78 Å². The van der Waals surface area contributed by atoms with Crippen LogP contribution in [0.3, 0.4) is 0 Å². The van der Waals surface area contributed by atoms with E-state index in [1.54, 1.807) is 19.2 Å². The molecule has 0 aliphatic heterocycles. The van der Waals surface area contributed by atoms with Crippen molar-refractivity contribution >= 4 is 52.1 Å². The normalized spacial score (nSPS) is 10.3. The highest BCUT2D eigenvalue weighted by Crippen LogP contribution is 2.22. The maximum atomic E-state index is 12.2. The van der Waals surface area contributed by atoms with Crippen molar-refractivity contribution in [1.29, 1.82) is 0 Å². The van der Waals surface area contributed by atoms with Crippen molar-refractivity contribution in [3.05, 3.63) is 45.6 Å². The highest BCUT2D eigenvalue weighted by Gasteiger charge is 2.17. The van der Waals surface area contributed by atoms with E-state index in [0.717, 1.165) is 0 Å². The minimum absolute atomic E-state index is 0.144. The number of nitrogens with zero attached hydrogens (tertiary/aromatic N) is 2. The van der Waals surface area contributed by atoms with Crippen LogP contribution in [-0.4, -0.2) is 20.7 Å². The molecule has 1 aromatic carbocycles. The topological polar surface area (TPSA) is 72.9 Å². The van der Waals surface area contributed by atoms with Gasteiger partial charge in [-0.3, -0.25) is 9.48 Å². The van der Waals surface area contributed by atoms with Crippen LogP contribution in [0.1, 0.15) is 15.9 Å². The number of hydrogen-bond acceptors (Lipinski definition) is 3. The van der Waals surface area contributed by atoms with Crippen LogP contribution in [0.15, 0.2) is 24.4 Å². The van der Waals surface area contributed by atoms with Crippen LogP contribution in [0.25, 0.3) is 0 Å². The Morgan fingerprint density at radius 3 is 2.75 bits per heavy atom. The summed E-state index contributed by atoms with van der Waals surface area (Å²) in [5.74, 6) is -0.0165. The monoisotopic (exact) mass is 328 g/mol. The summed E-state index contributed by atoms with van der Waals surface area (Å²) in [5, 5.41) is 7.39. The van der Waals surface area contributed by atoms with Crippen molar-refractivity contribution in [2.75, 3.05) is 5.32 Å². The standard InChI is InChI=1S/C12H10Cl2N4OS/c1-18-11(8(5-16-18)10(15)20)17-12(19)7-4-6(13)2-3-9(7)14/h2-5H,1H3,(H2,15,20)(H,17,19). The fourth-order valence-corrected chi connectivity index (χ4v) is 2.14. The third-order valence-corrected chi connectivity index (χ3v) is 3.39. The van der Waals surface area contributed by atoms with E-state index in [9.17, 15) is 4.79 Å². The predicted octanol–water partition coefficient (Wildman–Crippen LogP) is 2.61. The molecule has 1 heterocycles. The minimum Gasteiger partial charge on any atom is -0.389 e. The molecule has 0 fully saturated rings. The Bertz CT molecular complexity index is 699. The number of nitrogens with two attached hydrogens (primary N) is 1. The van der Waals surface area contributed by atoms with E-state index < -0.39 is 5.91 Å². The number of aromatic nitrogens is 2. The molecular formula is C12H10Cl2N4OS. The smallest absolute Gasteiger partial charge is 0.258 e. The molecule has 5 nitrogen and oxygen atoms in total. The van der Waals surface area contributed by atoms with E-state index in [1.807, 2.05) is 0 Å². The lowest BCUT2D eigenvalue weighted by atomic mass is 10.2. The molecule has 0 saturated heterocycles. The Labute approximate surface area is 130 Å². The van der Waals surface area contributed by atoms with Crippen LogP contribution in [0.4, 0.5) is 5.82 Å².